The molecule has 3 rings (SSSR count). The Morgan fingerprint density at radius 3 is 2.65 bits per heavy atom. The van der Waals surface area contributed by atoms with Crippen LogP contribution in [0, 0.1) is 5.82 Å². The third kappa shape index (κ3) is 3.58. The zero-order chi connectivity index (χ0) is 18.9. The molecule has 1 aliphatic heterocycles. The van der Waals surface area contributed by atoms with Gasteiger partial charge in [0.2, 0.25) is 10.0 Å². The van der Waals surface area contributed by atoms with Gasteiger partial charge in [-0.1, -0.05) is 0 Å². The number of primary amides is 1. The van der Waals surface area contributed by atoms with Gasteiger partial charge in [0, 0.05) is 19.8 Å². The van der Waals surface area contributed by atoms with Crippen LogP contribution in [0.4, 0.5) is 4.39 Å². The highest BCUT2D eigenvalue weighted by atomic mass is 32.2. The highest BCUT2D eigenvalue weighted by Gasteiger charge is 2.36. The molecule has 2 heterocycles. The number of nitrogens with zero attached hydrogens (tertiary/aromatic N) is 2. The zero-order valence-electron chi connectivity index (χ0n) is 14.3. The first-order chi connectivity index (χ1) is 12.3. The molecule has 1 aromatic carbocycles. The van der Waals surface area contributed by atoms with Crippen molar-refractivity contribution in [2.24, 2.45) is 12.8 Å². The second-order valence-corrected chi connectivity index (χ2v) is 8.10. The lowest BCUT2D eigenvalue weighted by molar-refractivity contribution is 0.0992. The first kappa shape index (κ1) is 18.4. The number of hydrogen-bond acceptors (Lipinski definition) is 4. The predicted octanol–water partition coefficient (Wildman–Crippen LogP) is 1.50. The Hall–Kier alpha value is -2.39. The van der Waals surface area contributed by atoms with Gasteiger partial charge in [-0.3, -0.25) is 4.79 Å². The number of nitrogens with two attached hydrogens (primary N) is 1. The Labute approximate surface area is 151 Å². The summed E-state index contributed by atoms with van der Waals surface area (Å²) in [6, 6.07) is 6.52. The average molecular weight is 381 g/mol. The Balaban J connectivity index is 1.77. The lowest BCUT2D eigenvalue weighted by Crippen LogP contribution is -2.38. The SMILES string of the molecule is Cn1cc(S(=O)(=O)N2CCCC2COc2ccc(F)cc2)cc1C(N)=O. The quantitative estimate of drug-likeness (QED) is 0.820. The molecule has 7 nitrogen and oxygen atoms in total. The van der Waals surface area contributed by atoms with E-state index in [0.717, 1.165) is 0 Å². The highest BCUT2D eigenvalue weighted by molar-refractivity contribution is 7.89. The van der Waals surface area contributed by atoms with Crippen LogP contribution in [0.25, 0.3) is 0 Å². The number of carbonyl (C=O) groups excluding carboxylic acids is 1. The van der Waals surface area contributed by atoms with E-state index in [1.54, 1.807) is 7.05 Å². The van der Waals surface area contributed by atoms with Crippen molar-refractivity contribution in [1.82, 2.24) is 8.87 Å². The van der Waals surface area contributed by atoms with Crippen molar-refractivity contribution in [2.75, 3.05) is 13.2 Å². The maximum Gasteiger partial charge on any atom is 0.265 e. The van der Waals surface area contributed by atoms with E-state index in [2.05, 4.69) is 0 Å². The standard InChI is InChI=1S/C17H20FN3O4S/c1-20-10-15(9-16(20)17(19)22)26(23,24)21-8-2-3-13(21)11-25-14-6-4-12(18)5-7-14/h4-7,9-10,13H,2-3,8,11H2,1H3,(H2,19,22). The minimum atomic E-state index is -3.77. The highest BCUT2D eigenvalue weighted by Crippen LogP contribution is 2.27. The minimum Gasteiger partial charge on any atom is -0.492 e. The van der Waals surface area contributed by atoms with E-state index in [-0.39, 0.29) is 29.1 Å². The second kappa shape index (κ2) is 7.08. The van der Waals surface area contributed by atoms with Crippen molar-refractivity contribution in [3.63, 3.8) is 0 Å². The Kier molecular flexibility index (Phi) is 5.01. The number of hydrogen-bond donors (Lipinski definition) is 1. The lowest BCUT2D eigenvalue weighted by atomic mass is 10.2. The van der Waals surface area contributed by atoms with Crippen molar-refractivity contribution < 1.29 is 22.3 Å². The van der Waals surface area contributed by atoms with Gasteiger partial charge in [-0.05, 0) is 43.2 Å². The number of amides is 1. The molecule has 1 aliphatic rings. The molecule has 1 amide bonds. The second-order valence-electron chi connectivity index (χ2n) is 6.21. The molecule has 9 heteroatoms. The van der Waals surface area contributed by atoms with E-state index in [0.29, 0.717) is 25.1 Å². The maximum atomic E-state index is 12.9. The van der Waals surface area contributed by atoms with Crippen LogP contribution in [0.5, 0.6) is 5.75 Å². The molecule has 0 radical (unpaired) electrons. The first-order valence-corrected chi connectivity index (χ1v) is 9.59. The molecule has 2 aromatic rings. The van der Waals surface area contributed by atoms with Gasteiger partial charge in [0.15, 0.2) is 0 Å². The van der Waals surface area contributed by atoms with Crippen LogP contribution in [0.15, 0.2) is 41.4 Å². The normalized spacial score (nSPS) is 18.2. The summed E-state index contributed by atoms with van der Waals surface area (Å²) >= 11 is 0. The lowest BCUT2D eigenvalue weighted by Gasteiger charge is -2.23. The molecule has 2 N–H and O–H groups in total. The number of rotatable bonds is 6. The van der Waals surface area contributed by atoms with Gasteiger partial charge in [0.05, 0.1) is 6.04 Å². The van der Waals surface area contributed by atoms with Gasteiger partial charge in [-0.15, -0.1) is 0 Å². The molecule has 1 saturated heterocycles. The number of aromatic nitrogens is 1. The maximum absolute atomic E-state index is 12.9. The molecule has 1 aromatic heterocycles. The summed E-state index contributed by atoms with van der Waals surface area (Å²) in [6.45, 7) is 0.543. The van der Waals surface area contributed by atoms with Crippen LogP contribution in [0.1, 0.15) is 23.3 Å². The monoisotopic (exact) mass is 381 g/mol. The van der Waals surface area contributed by atoms with Crippen LogP contribution >= 0.6 is 0 Å². The van der Waals surface area contributed by atoms with E-state index in [1.807, 2.05) is 0 Å². The number of benzene rings is 1. The van der Waals surface area contributed by atoms with Crippen molar-refractivity contribution in [3.05, 3.63) is 48.0 Å². The van der Waals surface area contributed by atoms with Crippen LogP contribution in [0.2, 0.25) is 0 Å². The topological polar surface area (TPSA) is 94.6 Å². The molecular formula is C17H20FN3O4S. The smallest absolute Gasteiger partial charge is 0.265 e. The Morgan fingerprint density at radius 2 is 2.04 bits per heavy atom. The Morgan fingerprint density at radius 1 is 1.35 bits per heavy atom. The first-order valence-electron chi connectivity index (χ1n) is 8.15. The van der Waals surface area contributed by atoms with E-state index in [9.17, 15) is 17.6 Å². The summed E-state index contributed by atoms with van der Waals surface area (Å²) in [4.78, 5) is 11.4. The van der Waals surface area contributed by atoms with Crippen LogP contribution in [-0.2, 0) is 17.1 Å². The molecule has 1 fully saturated rings. The van der Waals surface area contributed by atoms with Gasteiger partial charge >= 0.3 is 0 Å². The number of ether oxygens (including phenoxy) is 1. The summed E-state index contributed by atoms with van der Waals surface area (Å²) in [6.07, 6.45) is 2.76. The summed E-state index contributed by atoms with van der Waals surface area (Å²) < 4.78 is 47.2. The fraction of sp³-hybridized carbons (Fsp3) is 0.353. The number of sulfonamides is 1. The molecule has 140 valence electrons. The van der Waals surface area contributed by atoms with Gasteiger partial charge in [-0.2, -0.15) is 4.31 Å². The summed E-state index contributed by atoms with van der Waals surface area (Å²) in [5.41, 5.74) is 5.39. The number of aryl methyl sites for hydroxylation is 1. The largest absolute Gasteiger partial charge is 0.492 e. The molecule has 0 bridgehead atoms. The molecule has 26 heavy (non-hydrogen) atoms. The van der Waals surface area contributed by atoms with Gasteiger partial charge in [-0.25, -0.2) is 12.8 Å². The fourth-order valence-corrected chi connectivity index (χ4v) is 4.82. The van der Waals surface area contributed by atoms with E-state index < -0.39 is 15.9 Å². The van der Waals surface area contributed by atoms with Crippen LogP contribution in [0.3, 0.4) is 0 Å². The number of carbonyl (C=O) groups is 1. The van der Waals surface area contributed by atoms with E-state index in [4.69, 9.17) is 10.5 Å². The molecule has 1 atom stereocenters. The summed E-state index contributed by atoms with van der Waals surface area (Å²) in [5, 5.41) is 0. The fourth-order valence-electron chi connectivity index (χ4n) is 3.07. The van der Waals surface area contributed by atoms with Crippen LogP contribution < -0.4 is 10.5 Å². The van der Waals surface area contributed by atoms with Crippen LogP contribution in [-0.4, -0.2) is 42.4 Å². The van der Waals surface area contributed by atoms with E-state index >= 15 is 0 Å². The van der Waals surface area contributed by atoms with Crippen molar-refractivity contribution >= 4 is 15.9 Å². The third-order valence-corrected chi connectivity index (χ3v) is 6.34. The van der Waals surface area contributed by atoms with Crippen molar-refractivity contribution in [2.45, 2.75) is 23.8 Å². The molecule has 0 spiro atoms. The van der Waals surface area contributed by atoms with E-state index in [1.165, 1.54) is 45.4 Å². The molecular weight excluding hydrogens is 361 g/mol. The van der Waals surface area contributed by atoms with Crippen molar-refractivity contribution in [3.8, 4) is 5.75 Å². The van der Waals surface area contributed by atoms with Gasteiger partial charge in [0.25, 0.3) is 5.91 Å². The van der Waals surface area contributed by atoms with Gasteiger partial charge in [0.1, 0.15) is 28.8 Å². The molecule has 0 saturated carbocycles. The average Bonchev–Trinajstić information content (AvgIpc) is 3.21. The Bertz CT molecular complexity index is 909. The minimum absolute atomic E-state index is 0.0301. The van der Waals surface area contributed by atoms with Crippen molar-refractivity contribution in [1.29, 1.82) is 0 Å². The summed E-state index contributed by atoms with van der Waals surface area (Å²) in [5.74, 6) is -0.574. The summed E-state index contributed by atoms with van der Waals surface area (Å²) in [7, 11) is -2.20. The zero-order valence-corrected chi connectivity index (χ0v) is 15.1. The predicted molar refractivity (Wildman–Crippen MR) is 92.7 cm³/mol. The third-order valence-electron chi connectivity index (χ3n) is 4.42. The van der Waals surface area contributed by atoms with Gasteiger partial charge < -0.3 is 15.0 Å². The molecule has 0 aliphatic carbocycles. The number of halogens is 1. The molecule has 1 unspecified atom stereocenters.